The van der Waals surface area contributed by atoms with Gasteiger partial charge in [-0.3, -0.25) is 5.10 Å². The second-order valence-electron chi connectivity index (χ2n) is 6.48. The molecule has 1 heterocycles. The van der Waals surface area contributed by atoms with Crippen LogP contribution >= 0.6 is 0 Å². The Labute approximate surface area is 160 Å². The molecule has 140 valence electrons. The van der Waals surface area contributed by atoms with Crippen molar-refractivity contribution >= 4 is 34.1 Å². The van der Waals surface area contributed by atoms with E-state index in [1.807, 2.05) is 43.3 Å². The Morgan fingerprint density at radius 2 is 1.89 bits per heavy atom. The second kappa shape index (κ2) is 7.03. The van der Waals surface area contributed by atoms with Crippen LogP contribution in [0.3, 0.4) is 0 Å². The maximum atomic E-state index is 14.6. The number of hydrogen-bond donors (Lipinski definition) is 4. The highest BCUT2D eigenvalue weighted by Gasteiger charge is 2.13. The highest BCUT2D eigenvalue weighted by atomic mass is 19.1. The molecule has 6 nitrogen and oxygen atoms in total. The van der Waals surface area contributed by atoms with Crippen molar-refractivity contribution in [2.75, 3.05) is 16.4 Å². The van der Waals surface area contributed by atoms with Gasteiger partial charge in [-0.1, -0.05) is 30.3 Å². The number of urea groups is 1. The summed E-state index contributed by atoms with van der Waals surface area (Å²) in [6.07, 6.45) is 0. The van der Waals surface area contributed by atoms with E-state index >= 15 is 0 Å². The Morgan fingerprint density at radius 3 is 2.68 bits per heavy atom. The molecule has 5 N–H and O–H groups in total. The van der Waals surface area contributed by atoms with Gasteiger partial charge in [0.1, 0.15) is 5.82 Å². The lowest BCUT2D eigenvalue weighted by Gasteiger charge is -2.11. The van der Waals surface area contributed by atoms with Crippen molar-refractivity contribution in [2.24, 2.45) is 0 Å². The molecule has 0 fully saturated rings. The molecule has 0 unspecified atom stereocenters. The van der Waals surface area contributed by atoms with E-state index in [4.69, 9.17) is 5.73 Å². The fourth-order valence-electron chi connectivity index (χ4n) is 3.13. The number of benzene rings is 3. The average Bonchev–Trinajstić information content (AvgIpc) is 3.05. The number of aromatic amines is 1. The van der Waals surface area contributed by atoms with E-state index in [9.17, 15) is 9.18 Å². The molecule has 0 radical (unpaired) electrons. The standard InChI is InChI=1S/C21H18FN5O/c1-12-4-2-5-14(10-12)24-21(28)25-17-9-8-13(11-16(17)22)15-6-3-7-18-19(15)20(23)27-26-18/h2-11H,1H3,(H3,23,26,27)(H2,24,25,28). The maximum absolute atomic E-state index is 14.6. The SMILES string of the molecule is Cc1cccc(NC(=O)Nc2ccc(-c3cccc4[nH]nc(N)c34)cc2F)c1. The van der Waals surface area contributed by atoms with E-state index in [0.717, 1.165) is 22.0 Å². The predicted molar refractivity (Wildman–Crippen MR) is 110 cm³/mol. The van der Waals surface area contributed by atoms with Gasteiger partial charge in [-0.15, -0.1) is 0 Å². The van der Waals surface area contributed by atoms with Crippen LogP contribution in [0.15, 0.2) is 60.7 Å². The van der Waals surface area contributed by atoms with E-state index in [2.05, 4.69) is 20.8 Å². The predicted octanol–water partition coefficient (Wildman–Crippen LogP) is 4.90. The van der Waals surface area contributed by atoms with Gasteiger partial charge >= 0.3 is 6.03 Å². The first-order chi connectivity index (χ1) is 13.5. The number of nitrogens with one attached hydrogen (secondary N) is 3. The molecule has 0 aliphatic heterocycles. The third-order valence-electron chi connectivity index (χ3n) is 4.42. The Balaban J connectivity index is 1.58. The van der Waals surface area contributed by atoms with Gasteiger partial charge in [-0.05, 0) is 53.9 Å². The maximum Gasteiger partial charge on any atom is 0.323 e. The zero-order valence-electron chi connectivity index (χ0n) is 15.1. The number of anilines is 3. The summed E-state index contributed by atoms with van der Waals surface area (Å²) < 4.78 is 14.6. The smallest absolute Gasteiger partial charge is 0.323 e. The molecular formula is C21H18FN5O. The number of fused-ring (bicyclic) bond motifs is 1. The van der Waals surface area contributed by atoms with Gasteiger partial charge in [0.25, 0.3) is 0 Å². The summed E-state index contributed by atoms with van der Waals surface area (Å²) >= 11 is 0. The molecule has 0 aliphatic carbocycles. The normalized spacial score (nSPS) is 10.8. The highest BCUT2D eigenvalue weighted by Crippen LogP contribution is 2.32. The molecule has 0 saturated carbocycles. The van der Waals surface area contributed by atoms with Gasteiger partial charge < -0.3 is 16.4 Å². The number of nitrogens with zero attached hydrogens (tertiary/aromatic N) is 1. The van der Waals surface area contributed by atoms with Crippen molar-refractivity contribution < 1.29 is 9.18 Å². The molecule has 4 rings (SSSR count). The van der Waals surface area contributed by atoms with Gasteiger partial charge in [0.05, 0.1) is 16.6 Å². The molecule has 7 heteroatoms. The third kappa shape index (κ3) is 3.37. The molecule has 2 amide bonds. The van der Waals surface area contributed by atoms with Crippen LogP contribution in [0.4, 0.5) is 26.4 Å². The number of aryl methyl sites for hydroxylation is 1. The topological polar surface area (TPSA) is 95.8 Å². The largest absolute Gasteiger partial charge is 0.382 e. The lowest BCUT2D eigenvalue weighted by Crippen LogP contribution is -2.20. The Morgan fingerprint density at radius 1 is 1.07 bits per heavy atom. The zero-order chi connectivity index (χ0) is 19.7. The summed E-state index contributed by atoms with van der Waals surface area (Å²) in [6.45, 7) is 1.93. The van der Waals surface area contributed by atoms with Gasteiger partial charge in [-0.25, -0.2) is 9.18 Å². The molecule has 0 aliphatic rings. The quantitative estimate of drug-likeness (QED) is 0.410. The Hall–Kier alpha value is -3.87. The van der Waals surface area contributed by atoms with Crippen molar-refractivity contribution in [3.05, 3.63) is 72.0 Å². The van der Waals surface area contributed by atoms with Crippen molar-refractivity contribution in [3.63, 3.8) is 0 Å². The van der Waals surface area contributed by atoms with Crippen molar-refractivity contribution in [2.45, 2.75) is 6.92 Å². The van der Waals surface area contributed by atoms with Gasteiger partial charge in [0.15, 0.2) is 5.82 Å². The summed E-state index contributed by atoms with van der Waals surface area (Å²) in [6, 6.07) is 17.0. The first-order valence-electron chi connectivity index (χ1n) is 8.68. The summed E-state index contributed by atoms with van der Waals surface area (Å²) in [5.74, 6) is -0.193. The van der Waals surface area contributed by atoms with Crippen LogP contribution in [0.2, 0.25) is 0 Å². The third-order valence-corrected chi connectivity index (χ3v) is 4.42. The number of carbonyl (C=O) groups is 1. The number of nitrogen functional groups attached to an aromatic ring is 1. The molecule has 3 aromatic carbocycles. The van der Waals surface area contributed by atoms with E-state index in [1.165, 1.54) is 12.1 Å². The summed E-state index contributed by atoms with van der Waals surface area (Å²) in [5, 5.41) is 12.8. The molecule has 0 spiro atoms. The number of H-pyrrole nitrogens is 1. The average molecular weight is 375 g/mol. The molecule has 0 bridgehead atoms. The first-order valence-corrected chi connectivity index (χ1v) is 8.68. The second-order valence-corrected chi connectivity index (χ2v) is 6.48. The van der Waals surface area contributed by atoms with Crippen LogP contribution in [0, 0.1) is 12.7 Å². The van der Waals surface area contributed by atoms with Crippen LogP contribution < -0.4 is 16.4 Å². The number of nitrogens with two attached hydrogens (primary N) is 1. The zero-order valence-corrected chi connectivity index (χ0v) is 15.1. The van der Waals surface area contributed by atoms with E-state index < -0.39 is 11.8 Å². The van der Waals surface area contributed by atoms with Crippen molar-refractivity contribution in [1.82, 2.24) is 10.2 Å². The number of aromatic nitrogens is 2. The minimum Gasteiger partial charge on any atom is -0.382 e. The van der Waals surface area contributed by atoms with E-state index in [0.29, 0.717) is 17.1 Å². The number of rotatable bonds is 3. The van der Waals surface area contributed by atoms with Crippen molar-refractivity contribution in [3.8, 4) is 11.1 Å². The number of hydrogen-bond acceptors (Lipinski definition) is 3. The molecule has 1 aromatic heterocycles. The van der Waals surface area contributed by atoms with E-state index in [1.54, 1.807) is 12.1 Å². The molecule has 0 saturated heterocycles. The van der Waals surface area contributed by atoms with Crippen LogP contribution in [0.1, 0.15) is 5.56 Å². The molecular weight excluding hydrogens is 357 g/mol. The van der Waals surface area contributed by atoms with Gasteiger partial charge in [0, 0.05) is 5.69 Å². The summed E-state index contributed by atoms with van der Waals surface area (Å²) in [5.41, 5.74) is 9.84. The molecule has 0 atom stereocenters. The van der Waals surface area contributed by atoms with Crippen molar-refractivity contribution in [1.29, 1.82) is 0 Å². The Kier molecular flexibility index (Phi) is 4.41. The lowest BCUT2D eigenvalue weighted by molar-refractivity contribution is 0.262. The van der Waals surface area contributed by atoms with E-state index in [-0.39, 0.29) is 5.69 Å². The Bertz CT molecular complexity index is 1180. The van der Waals surface area contributed by atoms with Gasteiger partial charge in [-0.2, -0.15) is 5.10 Å². The molecule has 4 aromatic rings. The first kappa shape index (κ1) is 17.5. The summed E-state index contributed by atoms with van der Waals surface area (Å²) in [7, 11) is 0. The fraction of sp³-hybridized carbons (Fsp3) is 0.0476. The highest BCUT2D eigenvalue weighted by molar-refractivity contribution is 6.02. The van der Waals surface area contributed by atoms with Crippen LogP contribution in [0.25, 0.3) is 22.0 Å². The number of amides is 2. The monoisotopic (exact) mass is 375 g/mol. The van der Waals surface area contributed by atoms with Crippen LogP contribution in [-0.2, 0) is 0 Å². The minimum atomic E-state index is -0.545. The number of carbonyl (C=O) groups excluding carboxylic acids is 1. The summed E-state index contributed by atoms with van der Waals surface area (Å²) in [4.78, 5) is 12.2. The lowest BCUT2D eigenvalue weighted by atomic mass is 10.0. The van der Waals surface area contributed by atoms with Crippen LogP contribution in [0.5, 0.6) is 0 Å². The minimum absolute atomic E-state index is 0.0845. The molecule has 28 heavy (non-hydrogen) atoms. The van der Waals surface area contributed by atoms with Gasteiger partial charge in [0.2, 0.25) is 0 Å². The fourth-order valence-corrected chi connectivity index (χ4v) is 3.13. The number of halogens is 1. The van der Waals surface area contributed by atoms with Crippen LogP contribution in [-0.4, -0.2) is 16.2 Å².